The van der Waals surface area contributed by atoms with Crippen molar-refractivity contribution < 1.29 is 30.0 Å². The molecule has 0 aromatic heterocycles. The minimum Gasteiger partial charge on any atom is -0.478 e. The highest BCUT2D eigenvalue weighted by Crippen LogP contribution is 2.30. The van der Waals surface area contributed by atoms with E-state index in [1.54, 1.807) is 81.4 Å². The quantitative estimate of drug-likeness (QED) is 0.590. The Kier molecular flexibility index (Phi) is 10.9. The molecule has 0 spiro atoms. The summed E-state index contributed by atoms with van der Waals surface area (Å²) >= 11 is 0. The Hall–Kier alpha value is -2.70. The highest BCUT2D eigenvalue weighted by molar-refractivity contribution is 5.87. The molecule has 0 bridgehead atoms. The molecular weight excluding hydrogens is 372 g/mol. The van der Waals surface area contributed by atoms with E-state index in [0.717, 1.165) is 6.42 Å². The molecule has 2 unspecified atom stereocenters. The zero-order valence-electron chi connectivity index (χ0n) is 17.7. The number of carboxylic acid groups (broad SMARTS) is 2. The molecule has 2 rings (SSSR count). The largest absolute Gasteiger partial charge is 0.478 e. The average molecular weight is 405 g/mol. The normalized spacial score (nSPS) is 13.5. The van der Waals surface area contributed by atoms with Crippen molar-refractivity contribution in [3.05, 3.63) is 71.8 Å². The van der Waals surface area contributed by atoms with Gasteiger partial charge in [-0.15, -0.1) is 0 Å². The van der Waals surface area contributed by atoms with E-state index < -0.39 is 23.1 Å². The Morgan fingerprint density at radius 1 is 0.793 bits per heavy atom. The number of benzene rings is 2. The van der Waals surface area contributed by atoms with Gasteiger partial charge in [0.2, 0.25) is 0 Å². The summed E-state index contributed by atoms with van der Waals surface area (Å²) in [6, 6.07) is 16.6. The van der Waals surface area contributed by atoms with Crippen LogP contribution in [-0.4, -0.2) is 43.6 Å². The lowest BCUT2D eigenvalue weighted by molar-refractivity contribution is -0.148. The van der Waals surface area contributed by atoms with E-state index in [0.29, 0.717) is 11.1 Å². The first-order valence-electron chi connectivity index (χ1n) is 9.36. The zero-order chi connectivity index (χ0) is 22.7. The summed E-state index contributed by atoms with van der Waals surface area (Å²) in [4.78, 5) is 20.4. The number of hydrogen-bond donors (Lipinski definition) is 4. The van der Waals surface area contributed by atoms with Crippen molar-refractivity contribution in [1.82, 2.24) is 0 Å². The molecule has 2 aromatic rings. The molecule has 0 heterocycles. The van der Waals surface area contributed by atoms with E-state index in [1.807, 2.05) is 13.8 Å². The Labute approximate surface area is 172 Å². The van der Waals surface area contributed by atoms with Gasteiger partial charge in [-0.05, 0) is 51.0 Å². The zero-order valence-corrected chi connectivity index (χ0v) is 17.7. The molecule has 0 saturated carbocycles. The predicted molar refractivity (Wildman–Crippen MR) is 113 cm³/mol. The Balaban J connectivity index is 0.000000408. The average Bonchev–Trinajstić information content (AvgIpc) is 2.68. The molecule has 0 aliphatic rings. The highest BCUT2D eigenvalue weighted by atomic mass is 16.4. The highest BCUT2D eigenvalue weighted by Gasteiger charge is 2.41. The standard InChI is InChI=1S/C9H20O2.2C7H6O2/c1-6-7(2)9(5,11)8(3,4)10;2*8-7(9)6-4-2-1-3-5-6/h7,10-11H,6H2,1-5H3;2*1-5H,(H,8,9). The summed E-state index contributed by atoms with van der Waals surface area (Å²) in [5.41, 5.74) is -1.36. The minimum absolute atomic E-state index is 0.113. The maximum atomic E-state index is 10.2. The van der Waals surface area contributed by atoms with Gasteiger partial charge in [0.15, 0.2) is 0 Å². The van der Waals surface area contributed by atoms with Crippen LogP contribution < -0.4 is 0 Å². The Morgan fingerprint density at radius 2 is 1.10 bits per heavy atom. The summed E-state index contributed by atoms with van der Waals surface area (Å²) in [5.74, 6) is -1.64. The van der Waals surface area contributed by atoms with Crippen LogP contribution in [0, 0.1) is 5.92 Å². The van der Waals surface area contributed by atoms with Gasteiger partial charge < -0.3 is 20.4 Å². The van der Waals surface area contributed by atoms with E-state index in [-0.39, 0.29) is 5.92 Å². The second-order valence-corrected chi connectivity index (χ2v) is 7.36. The second-order valence-electron chi connectivity index (χ2n) is 7.36. The lowest BCUT2D eigenvalue weighted by Gasteiger charge is -2.40. The summed E-state index contributed by atoms with van der Waals surface area (Å²) in [7, 11) is 0. The predicted octanol–water partition coefficient (Wildman–Crippen LogP) is 4.32. The third kappa shape index (κ3) is 9.36. The second kappa shape index (κ2) is 12.0. The van der Waals surface area contributed by atoms with Crippen LogP contribution in [0.15, 0.2) is 60.7 Å². The minimum atomic E-state index is -1.03. The van der Waals surface area contributed by atoms with Gasteiger partial charge in [-0.3, -0.25) is 0 Å². The van der Waals surface area contributed by atoms with Crippen LogP contribution in [0.2, 0.25) is 0 Å². The smallest absolute Gasteiger partial charge is 0.335 e. The van der Waals surface area contributed by atoms with Gasteiger partial charge in [0.25, 0.3) is 0 Å². The molecule has 2 aromatic carbocycles. The van der Waals surface area contributed by atoms with Crippen molar-refractivity contribution in [3.8, 4) is 0 Å². The summed E-state index contributed by atoms with van der Waals surface area (Å²) in [6.45, 7) is 8.91. The number of rotatable bonds is 5. The molecule has 4 N–H and O–H groups in total. The molecule has 2 atom stereocenters. The molecule has 6 heteroatoms. The number of carboxylic acids is 2. The molecular formula is C23H32O6. The van der Waals surface area contributed by atoms with Crippen LogP contribution in [0.4, 0.5) is 0 Å². The van der Waals surface area contributed by atoms with Crippen molar-refractivity contribution in [1.29, 1.82) is 0 Å². The molecule has 29 heavy (non-hydrogen) atoms. The summed E-state index contributed by atoms with van der Waals surface area (Å²) in [5, 5.41) is 36.2. The maximum Gasteiger partial charge on any atom is 0.335 e. The molecule has 0 radical (unpaired) electrons. The SMILES string of the molecule is CCC(C)C(C)(O)C(C)(C)O.O=C(O)c1ccccc1.O=C(O)c1ccccc1. The van der Waals surface area contributed by atoms with Crippen LogP contribution in [0.3, 0.4) is 0 Å². The first-order chi connectivity index (χ1) is 13.3. The van der Waals surface area contributed by atoms with Gasteiger partial charge in [0, 0.05) is 0 Å². The maximum absolute atomic E-state index is 10.2. The number of aromatic carboxylic acids is 2. The number of hydrogen-bond acceptors (Lipinski definition) is 4. The van der Waals surface area contributed by atoms with Gasteiger partial charge >= 0.3 is 11.9 Å². The van der Waals surface area contributed by atoms with Crippen molar-refractivity contribution in [3.63, 3.8) is 0 Å². The van der Waals surface area contributed by atoms with Crippen molar-refractivity contribution >= 4 is 11.9 Å². The molecule has 0 aliphatic carbocycles. The molecule has 0 saturated heterocycles. The van der Waals surface area contributed by atoms with Gasteiger partial charge in [-0.2, -0.15) is 0 Å². The molecule has 160 valence electrons. The van der Waals surface area contributed by atoms with Gasteiger partial charge in [-0.1, -0.05) is 56.7 Å². The third-order valence-corrected chi connectivity index (χ3v) is 4.85. The Morgan fingerprint density at radius 3 is 1.24 bits per heavy atom. The fourth-order valence-corrected chi connectivity index (χ4v) is 2.16. The Bertz CT molecular complexity index is 683. The van der Waals surface area contributed by atoms with Crippen LogP contribution >= 0.6 is 0 Å². The van der Waals surface area contributed by atoms with E-state index in [2.05, 4.69) is 0 Å². The number of aliphatic hydroxyl groups is 2. The van der Waals surface area contributed by atoms with Crippen LogP contribution in [0.25, 0.3) is 0 Å². The molecule has 0 amide bonds. The number of carbonyl (C=O) groups is 2. The van der Waals surface area contributed by atoms with Gasteiger partial charge in [-0.25, -0.2) is 9.59 Å². The fraction of sp³-hybridized carbons (Fsp3) is 0.391. The summed E-state index contributed by atoms with van der Waals surface area (Å²) < 4.78 is 0. The summed E-state index contributed by atoms with van der Waals surface area (Å²) in [6.07, 6.45) is 0.872. The molecule has 6 nitrogen and oxygen atoms in total. The van der Waals surface area contributed by atoms with E-state index in [4.69, 9.17) is 10.2 Å². The fourth-order valence-electron chi connectivity index (χ4n) is 2.16. The van der Waals surface area contributed by atoms with Gasteiger partial charge in [0.05, 0.1) is 22.3 Å². The molecule has 0 aliphatic heterocycles. The topological polar surface area (TPSA) is 115 Å². The lowest BCUT2D eigenvalue weighted by Crippen LogP contribution is -2.52. The first-order valence-corrected chi connectivity index (χ1v) is 9.36. The van der Waals surface area contributed by atoms with E-state index >= 15 is 0 Å². The van der Waals surface area contributed by atoms with Crippen molar-refractivity contribution in [2.45, 2.75) is 52.2 Å². The lowest BCUT2D eigenvalue weighted by atomic mass is 9.77. The third-order valence-electron chi connectivity index (χ3n) is 4.85. The van der Waals surface area contributed by atoms with Crippen LogP contribution in [-0.2, 0) is 0 Å². The van der Waals surface area contributed by atoms with E-state index in [1.165, 1.54) is 0 Å². The first kappa shape index (κ1) is 26.3. The van der Waals surface area contributed by atoms with Gasteiger partial charge in [0.1, 0.15) is 0 Å². The van der Waals surface area contributed by atoms with Crippen LogP contribution in [0.5, 0.6) is 0 Å². The van der Waals surface area contributed by atoms with Crippen LogP contribution in [0.1, 0.15) is 61.8 Å². The molecule has 0 fully saturated rings. The van der Waals surface area contributed by atoms with Crippen molar-refractivity contribution in [2.24, 2.45) is 5.92 Å². The van der Waals surface area contributed by atoms with Crippen molar-refractivity contribution in [2.75, 3.05) is 0 Å². The van der Waals surface area contributed by atoms with E-state index in [9.17, 15) is 19.8 Å². The monoisotopic (exact) mass is 404 g/mol.